The number of para-hydroxylation sites is 1. The molecule has 138 valence electrons. The Labute approximate surface area is 157 Å². The molecule has 0 aliphatic heterocycles. The van der Waals surface area contributed by atoms with Gasteiger partial charge in [0.15, 0.2) is 11.5 Å². The molecule has 0 radical (unpaired) electrons. The van der Waals surface area contributed by atoms with Crippen LogP contribution in [0.15, 0.2) is 42.6 Å². The summed E-state index contributed by atoms with van der Waals surface area (Å²) < 4.78 is 0. The molecule has 0 spiro atoms. The van der Waals surface area contributed by atoms with E-state index in [2.05, 4.69) is 21.2 Å². The van der Waals surface area contributed by atoms with E-state index in [9.17, 15) is 9.59 Å². The van der Waals surface area contributed by atoms with Crippen LogP contribution in [0.5, 0.6) is 0 Å². The van der Waals surface area contributed by atoms with Crippen molar-refractivity contribution in [3.8, 4) is 0 Å². The van der Waals surface area contributed by atoms with Gasteiger partial charge in [0.2, 0.25) is 0 Å². The average Bonchev–Trinajstić information content (AvgIpc) is 3.06. The van der Waals surface area contributed by atoms with Crippen molar-refractivity contribution in [2.75, 3.05) is 6.54 Å². The molecule has 6 heteroatoms. The van der Waals surface area contributed by atoms with Gasteiger partial charge in [-0.25, -0.2) is 0 Å². The summed E-state index contributed by atoms with van der Waals surface area (Å²) in [5.74, 6) is 0.241. The van der Waals surface area contributed by atoms with Gasteiger partial charge < -0.3 is 9.88 Å². The van der Waals surface area contributed by atoms with Crippen LogP contribution in [0.25, 0.3) is 10.9 Å². The Hall–Kier alpha value is -3.02. The molecule has 1 fully saturated rings. The number of Topliss-reactive ketones (excluding diaryl/α,β-unsaturated/α-hetero) is 1. The summed E-state index contributed by atoms with van der Waals surface area (Å²) >= 11 is 0. The van der Waals surface area contributed by atoms with E-state index < -0.39 is 0 Å². The number of benzene rings is 1. The van der Waals surface area contributed by atoms with Gasteiger partial charge in [-0.1, -0.05) is 24.6 Å². The molecule has 4 rings (SSSR count). The van der Waals surface area contributed by atoms with Crippen LogP contribution in [-0.2, 0) is 6.54 Å². The number of aromatic nitrogens is 3. The highest BCUT2D eigenvalue weighted by Gasteiger charge is 2.26. The number of hydrogen-bond donors (Lipinski definition) is 1. The van der Waals surface area contributed by atoms with Gasteiger partial charge in [-0.05, 0) is 42.5 Å². The molecule has 0 atom stereocenters. The number of H-pyrrole nitrogens is 1. The van der Waals surface area contributed by atoms with Crippen molar-refractivity contribution in [1.29, 1.82) is 0 Å². The number of carbonyl (C=O) groups excluding carboxylic acids is 2. The number of hydrogen-bond acceptors (Lipinski definition) is 4. The molecule has 27 heavy (non-hydrogen) atoms. The summed E-state index contributed by atoms with van der Waals surface area (Å²) in [4.78, 5) is 29.6. The van der Waals surface area contributed by atoms with Crippen molar-refractivity contribution >= 4 is 22.6 Å². The van der Waals surface area contributed by atoms with Crippen LogP contribution >= 0.6 is 0 Å². The van der Waals surface area contributed by atoms with Crippen molar-refractivity contribution in [2.45, 2.75) is 32.7 Å². The van der Waals surface area contributed by atoms with Crippen LogP contribution in [0.2, 0.25) is 0 Å². The monoisotopic (exact) mass is 362 g/mol. The molecule has 2 aromatic heterocycles. The number of amides is 1. The molecule has 6 nitrogen and oxygen atoms in total. The van der Waals surface area contributed by atoms with Gasteiger partial charge in [-0.15, -0.1) is 10.2 Å². The van der Waals surface area contributed by atoms with Crippen molar-refractivity contribution in [2.24, 2.45) is 5.92 Å². The summed E-state index contributed by atoms with van der Waals surface area (Å²) in [5, 5.41) is 9.01. The molecular weight excluding hydrogens is 340 g/mol. The zero-order valence-corrected chi connectivity index (χ0v) is 15.3. The minimum atomic E-state index is -0.161. The third-order valence-corrected chi connectivity index (χ3v) is 5.27. The van der Waals surface area contributed by atoms with E-state index in [1.165, 1.54) is 13.3 Å². The number of aromatic amines is 1. The van der Waals surface area contributed by atoms with E-state index in [0.29, 0.717) is 19.0 Å². The highest BCUT2D eigenvalue weighted by Crippen LogP contribution is 2.29. The highest BCUT2D eigenvalue weighted by atomic mass is 16.2. The first-order chi connectivity index (χ1) is 13.1. The van der Waals surface area contributed by atoms with Crippen molar-refractivity contribution in [3.63, 3.8) is 0 Å². The lowest BCUT2D eigenvalue weighted by Gasteiger charge is -2.32. The number of nitrogens with one attached hydrogen (secondary N) is 1. The Morgan fingerprint density at radius 3 is 2.52 bits per heavy atom. The first-order valence-electron chi connectivity index (χ1n) is 9.31. The smallest absolute Gasteiger partial charge is 0.274 e. The summed E-state index contributed by atoms with van der Waals surface area (Å²) in [6, 6.07) is 11.2. The van der Waals surface area contributed by atoms with Crippen molar-refractivity contribution < 1.29 is 9.59 Å². The van der Waals surface area contributed by atoms with E-state index in [-0.39, 0.29) is 23.1 Å². The lowest BCUT2D eigenvalue weighted by molar-refractivity contribution is 0.0672. The highest BCUT2D eigenvalue weighted by molar-refractivity contribution is 5.95. The first-order valence-corrected chi connectivity index (χ1v) is 9.31. The molecule has 2 heterocycles. The van der Waals surface area contributed by atoms with Crippen molar-refractivity contribution in [3.05, 3.63) is 59.5 Å². The Kier molecular flexibility index (Phi) is 4.71. The fraction of sp³-hybridized carbons (Fsp3) is 0.333. The standard InChI is InChI=1S/C21H22N4O2/c1-14(26)18-9-10-20(24-23-18)21(27)25(12-15-5-4-6-15)13-16-11-22-19-8-3-2-7-17(16)19/h2-3,7-11,15,22H,4-6,12-13H2,1H3. The number of ketones is 1. The Bertz CT molecular complexity index is 973. The molecule has 3 aromatic rings. The zero-order chi connectivity index (χ0) is 18.8. The van der Waals surface area contributed by atoms with Gasteiger partial charge >= 0.3 is 0 Å². The molecule has 0 bridgehead atoms. The second-order valence-corrected chi connectivity index (χ2v) is 7.20. The second kappa shape index (κ2) is 7.31. The minimum absolute atomic E-state index is 0.144. The predicted molar refractivity (Wildman–Crippen MR) is 102 cm³/mol. The van der Waals surface area contributed by atoms with Crippen LogP contribution in [0, 0.1) is 5.92 Å². The molecule has 1 saturated carbocycles. The lowest BCUT2D eigenvalue weighted by atomic mass is 9.85. The van der Waals surface area contributed by atoms with E-state index in [4.69, 9.17) is 0 Å². The molecule has 0 unspecified atom stereocenters. The van der Waals surface area contributed by atoms with E-state index in [1.54, 1.807) is 12.1 Å². The van der Waals surface area contributed by atoms with Gasteiger partial charge in [0, 0.05) is 37.1 Å². The van der Waals surface area contributed by atoms with Gasteiger partial charge in [0.05, 0.1) is 0 Å². The van der Waals surface area contributed by atoms with Crippen LogP contribution in [0.4, 0.5) is 0 Å². The van der Waals surface area contributed by atoms with Crippen LogP contribution in [-0.4, -0.2) is 38.3 Å². The maximum Gasteiger partial charge on any atom is 0.274 e. The molecule has 1 amide bonds. The summed E-state index contributed by atoms with van der Waals surface area (Å²) in [5.41, 5.74) is 2.70. The predicted octanol–water partition coefficient (Wildman–Crippen LogP) is 3.60. The van der Waals surface area contributed by atoms with Gasteiger partial charge in [0.1, 0.15) is 5.69 Å². The van der Waals surface area contributed by atoms with Crippen LogP contribution in [0.1, 0.15) is 52.7 Å². The molecule has 0 saturated heterocycles. The van der Waals surface area contributed by atoms with E-state index >= 15 is 0 Å². The fourth-order valence-corrected chi connectivity index (χ4v) is 3.47. The Morgan fingerprint density at radius 2 is 1.85 bits per heavy atom. The topological polar surface area (TPSA) is 79.0 Å². The molecule has 1 aliphatic carbocycles. The Balaban J connectivity index is 1.59. The summed E-state index contributed by atoms with van der Waals surface area (Å²) in [6.07, 6.45) is 5.52. The third kappa shape index (κ3) is 3.60. The maximum absolute atomic E-state index is 13.1. The minimum Gasteiger partial charge on any atom is -0.361 e. The second-order valence-electron chi connectivity index (χ2n) is 7.20. The fourth-order valence-electron chi connectivity index (χ4n) is 3.47. The summed E-state index contributed by atoms with van der Waals surface area (Å²) in [6.45, 7) is 2.68. The lowest BCUT2D eigenvalue weighted by Crippen LogP contribution is -2.37. The number of nitrogens with zero attached hydrogens (tertiary/aromatic N) is 3. The molecule has 1 aliphatic rings. The van der Waals surface area contributed by atoms with Gasteiger partial charge in [-0.2, -0.15) is 0 Å². The zero-order valence-electron chi connectivity index (χ0n) is 15.3. The van der Waals surface area contributed by atoms with Gasteiger partial charge in [0.25, 0.3) is 5.91 Å². The largest absolute Gasteiger partial charge is 0.361 e. The average molecular weight is 362 g/mol. The third-order valence-electron chi connectivity index (χ3n) is 5.27. The number of carbonyl (C=O) groups is 2. The normalized spacial score (nSPS) is 14.1. The van der Waals surface area contributed by atoms with Gasteiger partial charge in [-0.3, -0.25) is 9.59 Å². The first kappa shape index (κ1) is 17.4. The molecule has 1 aromatic carbocycles. The maximum atomic E-state index is 13.1. The molecule has 1 N–H and O–H groups in total. The number of fused-ring (bicyclic) bond motifs is 1. The van der Waals surface area contributed by atoms with E-state index in [0.717, 1.165) is 29.3 Å². The number of rotatable bonds is 6. The SMILES string of the molecule is CC(=O)c1ccc(C(=O)N(Cc2c[nH]c3ccccc23)CC2CCC2)nn1. The quantitative estimate of drug-likeness (QED) is 0.680. The van der Waals surface area contributed by atoms with E-state index in [1.807, 2.05) is 29.3 Å². The van der Waals surface area contributed by atoms with Crippen LogP contribution < -0.4 is 0 Å². The van der Waals surface area contributed by atoms with Crippen molar-refractivity contribution in [1.82, 2.24) is 20.1 Å². The summed E-state index contributed by atoms with van der Waals surface area (Å²) in [7, 11) is 0. The molecular formula is C21H22N4O2. The van der Waals surface area contributed by atoms with Crippen LogP contribution in [0.3, 0.4) is 0 Å². The Morgan fingerprint density at radius 1 is 1.11 bits per heavy atom.